The minimum absolute atomic E-state index is 0.432. The van der Waals surface area contributed by atoms with Crippen molar-refractivity contribution in [3.63, 3.8) is 0 Å². The zero-order chi connectivity index (χ0) is 13.0. The first-order valence-electron chi connectivity index (χ1n) is 7.14. The molecule has 3 rings (SSSR count). The van der Waals surface area contributed by atoms with Gasteiger partial charge in [-0.25, -0.2) is 0 Å². The lowest BCUT2D eigenvalue weighted by atomic mass is 9.68. The van der Waals surface area contributed by atoms with Crippen LogP contribution in [0, 0.1) is 16.7 Å². The van der Waals surface area contributed by atoms with Crippen LogP contribution in [0.15, 0.2) is 12.3 Å². The van der Waals surface area contributed by atoms with E-state index in [2.05, 4.69) is 37.3 Å². The molecule has 0 saturated heterocycles. The molecule has 0 spiro atoms. The summed E-state index contributed by atoms with van der Waals surface area (Å²) in [7, 11) is 1.98. The van der Waals surface area contributed by atoms with Crippen LogP contribution in [0.2, 0.25) is 0 Å². The third-order valence-corrected chi connectivity index (χ3v) is 5.53. The minimum Gasteiger partial charge on any atom is -0.307 e. The molecular weight excluding hydrogens is 222 g/mol. The van der Waals surface area contributed by atoms with Gasteiger partial charge in [-0.05, 0) is 42.1 Å². The van der Waals surface area contributed by atoms with Crippen molar-refractivity contribution in [1.29, 1.82) is 0 Å². The van der Waals surface area contributed by atoms with Crippen LogP contribution < -0.4 is 5.32 Å². The van der Waals surface area contributed by atoms with Crippen molar-refractivity contribution >= 4 is 0 Å². The molecule has 2 aliphatic carbocycles. The highest BCUT2D eigenvalue weighted by atomic mass is 15.3. The van der Waals surface area contributed by atoms with E-state index in [0.717, 1.165) is 18.2 Å². The fraction of sp³-hybridized carbons (Fsp3) is 0.800. The van der Waals surface area contributed by atoms with Crippen molar-refractivity contribution < 1.29 is 0 Å². The van der Waals surface area contributed by atoms with E-state index in [9.17, 15) is 0 Å². The van der Waals surface area contributed by atoms with Crippen molar-refractivity contribution in [3.8, 4) is 0 Å². The standard InChI is InChI=1S/C15H25N3/c1-14(2)11-5-7-15(3,9-11)13(14)16-10-12-6-8-18(4)17-12/h6,8,11,13,16H,5,7,9-10H2,1-4H3. The van der Waals surface area contributed by atoms with Gasteiger partial charge in [0.15, 0.2) is 0 Å². The Morgan fingerprint density at radius 3 is 2.78 bits per heavy atom. The molecule has 0 aliphatic heterocycles. The van der Waals surface area contributed by atoms with Crippen LogP contribution in [-0.2, 0) is 13.6 Å². The Morgan fingerprint density at radius 2 is 2.22 bits per heavy atom. The van der Waals surface area contributed by atoms with Gasteiger partial charge in [0, 0.05) is 25.8 Å². The summed E-state index contributed by atoms with van der Waals surface area (Å²) >= 11 is 0. The second-order valence-corrected chi connectivity index (χ2v) is 7.21. The smallest absolute Gasteiger partial charge is 0.0762 e. The lowest BCUT2D eigenvalue weighted by molar-refractivity contribution is 0.107. The fourth-order valence-electron chi connectivity index (χ4n) is 4.58. The SMILES string of the molecule is Cn1ccc(CNC2C3(C)CCC(C3)C2(C)C)n1. The largest absolute Gasteiger partial charge is 0.307 e. The van der Waals surface area contributed by atoms with E-state index in [1.807, 2.05) is 17.9 Å². The summed E-state index contributed by atoms with van der Waals surface area (Å²) < 4.78 is 1.88. The van der Waals surface area contributed by atoms with E-state index in [1.54, 1.807) is 0 Å². The number of aryl methyl sites for hydroxylation is 1. The Bertz CT molecular complexity index is 444. The molecule has 3 atom stereocenters. The van der Waals surface area contributed by atoms with Gasteiger partial charge in [0.1, 0.15) is 0 Å². The van der Waals surface area contributed by atoms with Crippen LogP contribution in [0.3, 0.4) is 0 Å². The van der Waals surface area contributed by atoms with Crippen LogP contribution in [0.1, 0.15) is 45.7 Å². The predicted octanol–water partition coefficient (Wildman–Crippen LogP) is 2.72. The van der Waals surface area contributed by atoms with E-state index in [1.165, 1.54) is 19.3 Å². The molecule has 1 heterocycles. The highest BCUT2D eigenvalue weighted by Gasteiger charge is 2.58. The minimum atomic E-state index is 0.432. The van der Waals surface area contributed by atoms with Gasteiger partial charge in [0.2, 0.25) is 0 Å². The summed E-state index contributed by atoms with van der Waals surface area (Å²) in [6.45, 7) is 8.26. The maximum atomic E-state index is 4.46. The highest BCUT2D eigenvalue weighted by Crippen LogP contribution is 2.62. The molecular formula is C15H25N3. The average molecular weight is 247 g/mol. The van der Waals surface area contributed by atoms with Gasteiger partial charge in [-0.3, -0.25) is 4.68 Å². The molecule has 18 heavy (non-hydrogen) atoms. The molecule has 0 amide bonds. The summed E-state index contributed by atoms with van der Waals surface area (Å²) in [4.78, 5) is 0. The number of rotatable bonds is 3. The van der Waals surface area contributed by atoms with Crippen LogP contribution in [0.25, 0.3) is 0 Å². The summed E-state index contributed by atoms with van der Waals surface area (Å²) in [5.41, 5.74) is 2.09. The lowest BCUT2D eigenvalue weighted by Crippen LogP contribution is -2.49. The average Bonchev–Trinajstić information content (AvgIpc) is 2.89. The second-order valence-electron chi connectivity index (χ2n) is 7.21. The van der Waals surface area contributed by atoms with E-state index in [4.69, 9.17) is 0 Å². The Labute approximate surface area is 110 Å². The topological polar surface area (TPSA) is 29.9 Å². The molecule has 2 saturated carbocycles. The van der Waals surface area contributed by atoms with Crippen molar-refractivity contribution in [2.24, 2.45) is 23.8 Å². The number of hydrogen-bond acceptors (Lipinski definition) is 2. The predicted molar refractivity (Wildman–Crippen MR) is 73.1 cm³/mol. The molecule has 3 heteroatoms. The Kier molecular flexibility index (Phi) is 2.60. The van der Waals surface area contributed by atoms with E-state index >= 15 is 0 Å². The third-order valence-electron chi connectivity index (χ3n) is 5.53. The van der Waals surface area contributed by atoms with Gasteiger partial charge >= 0.3 is 0 Å². The van der Waals surface area contributed by atoms with Gasteiger partial charge < -0.3 is 5.32 Å². The van der Waals surface area contributed by atoms with Crippen LogP contribution in [0.4, 0.5) is 0 Å². The number of aromatic nitrogens is 2. The molecule has 2 aliphatic rings. The first-order chi connectivity index (χ1) is 8.42. The summed E-state index contributed by atoms with van der Waals surface area (Å²) in [5.74, 6) is 0.906. The van der Waals surface area contributed by atoms with Gasteiger partial charge in [-0.15, -0.1) is 0 Å². The Morgan fingerprint density at radius 1 is 1.44 bits per heavy atom. The third kappa shape index (κ3) is 1.71. The maximum absolute atomic E-state index is 4.46. The van der Waals surface area contributed by atoms with Crippen LogP contribution >= 0.6 is 0 Å². The van der Waals surface area contributed by atoms with Crippen LogP contribution in [-0.4, -0.2) is 15.8 Å². The summed E-state index contributed by atoms with van der Waals surface area (Å²) in [6.07, 6.45) is 6.23. The van der Waals surface area contributed by atoms with Gasteiger partial charge in [0.05, 0.1) is 5.69 Å². The Balaban J connectivity index is 1.72. The van der Waals surface area contributed by atoms with Crippen LogP contribution in [0.5, 0.6) is 0 Å². The molecule has 2 fully saturated rings. The number of nitrogens with one attached hydrogen (secondary N) is 1. The molecule has 0 radical (unpaired) electrons. The van der Waals surface area contributed by atoms with Crippen molar-refractivity contribution in [2.75, 3.05) is 0 Å². The zero-order valence-corrected chi connectivity index (χ0v) is 12.0. The number of fused-ring (bicyclic) bond motifs is 2. The highest BCUT2D eigenvalue weighted by molar-refractivity contribution is 5.12. The number of nitrogens with zero attached hydrogens (tertiary/aromatic N) is 2. The van der Waals surface area contributed by atoms with Gasteiger partial charge in [-0.2, -0.15) is 5.10 Å². The van der Waals surface area contributed by atoms with E-state index in [0.29, 0.717) is 16.9 Å². The first-order valence-corrected chi connectivity index (χ1v) is 7.14. The molecule has 2 bridgehead atoms. The molecule has 3 nitrogen and oxygen atoms in total. The molecule has 1 aromatic rings. The van der Waals surface area contributed by atoms with Crippen molar-refractivity contribution in [1.82, 2.24) is 15.1 Å². The molecule has 0 aromatic carbocycles. The zero-order valence-electron chi connectivity index (χ0n) is 12.0. The Hall–Kier alpha value is -0.830. The number of hydrogen-bond donors (Lipinski definition) is 1. The van der Waals surface area contributed by atoms with E-state index < -0.39 is 0 Å². The van der Waals surface area contributed by atoms with Crippen molar-refractivity contribution in [2.45, 2.75) is 52.6 Å². The molecule has 3 unspecified atom stereocenters. The quantitative estimate of drug-likeness (QED) is 0.890. The monoisotopic (exact) mass is 247 g/mol. The first kappa shape index (κ1) is 12.2. The molecule has 1 N–H and O–H groups in total. The maximum Gasteiger partial charge on any atom is 0.0762 e. The lowest BCUT2D eigenvalue weighted by Gasteiger charge is -2.43. The summed E-state index contributed by atoms with van der Waals surface area (Å²) in [6, 6.07) is 2.74. The molecule has 1 aromatic heterocycles. The summed E-state index contributed by atoms with van der Waals surface area (Å²) in [5, 5.41) is 8.26. The fourth-order valence-corrected chi connectivity index (χ4v) is 4.58. The van der Waals surface area contributed by atoms with Crippen molar-refractivity contribution in [3.05, 3.63) is 18.0 Å². The van der Waals surface area contributed by atoms with E-state index in [-0.39, 0.29) is 0 Å². The van der Waals surface area contributed by atoms with Gasteiger partial charge in [-0.1, -0.05) is 20.8 Å². The molecule has 100 valence electrons. The normalized spacial score (nSPS) is 37.3. The second kappa shape index (κ2) is 3.83. The van der Waals surface area contributed by atoms with Gasteiger partial charge in [0.25, 0.3) is 0 Å².